The van der Waals surface area contributed by atoms with Crippen LogP contribution < -0.4 is 0 Å². The quantitative estimate of drug-likeness (QED) is 0.663. The maximum atomic E-state index is 11.0. The molecular weight excluding hydrogens is 276 g/mol. The Kier molecular flexibility index (Phi) is 7.31. The molecule has 0 aromatic carbocycles. The molecule has 1 saturated heterocycles. The molecule has 0 aliphatic carbocycles. The van der Waals surface area contributed by atoms with Gasteiger partial charge < -0.3 is 9.80 Å². The number of amides is 2. The van der Waals surface area contributed by atoms with Crippen molar-refractivity contribution in [2.24, 2.45) is 0 Å². The van der Waals surface area contributed by atoms with Crippen LogP contribution in [0.15, 0.2) is 0 Å². The molecule has 68 valence electrons. The van der Waals surface area contributed by atoms with E-state index >= 15 is 0 Å². The molecule has 0 saturated carbocycles. The van der Waals surface area contributed by atoms with Crippen LogP contribution in [0, 0.1) is 0 Å². The van der Waals surface area contributed by atoms with Crippen LogP contribution in [0.2, 0.25) is 0 Å². The normalized spacial score (nSPS) is 17.1. The molecule has 0 radical (unpaired) electrons. The fourth-order valence-electron chi connectivity index (χ4n) is 1.03. The first-order valence-corrected chi connectivity index (χ1v) is 3.18. The van der Waals surface area contributed by atoms with E-state index in [1.807, 2.05) is 14.1 Å². The fraction of sp³-hybridized carbons (Fsp3) is 0.833. The lowest BCUT2D eigenvalue weighted by Crippen LogP contribution is -2.44. The molecule has 1 heterocycles. The number of carbonyl (C=O) groups is 1. The largest absolute Gasteiger partial charge is 0.328 e. The number of carbonyl (C=O) groups excluding carboxylic acids is 1. The summed E-state index contributed by atoms with van der Waals surface area (Å²) in [5, 5.41) is 0. The summed E-state index contributed by atoms with van der Waals surface area (Å²) in [5.74, 6) is 0. The van der Waals surface area contributed by atoms with E-state index in [-0.39, 0.29) is 40.0 Å². The van der Waals surface area contributed by atoms with Crippen LogP contribution in [-0.4, -0.2) is 43.0 Å². The zero-order chi connectivity index (χ0) is 6.85. The number of halogens is 2. The minimum Gasteiger partial charge on any atom is -0.328 e. The zero-order valence-electron chi connectivity index (χ0n) is 6.74. The van der Waals surface area contributed by atoms with E-state index in [1.165, 1.54) is 0 Å². The molecule has 1 fully saturated rings. The number of nitrogens with zero attached hydrogens (tertiary/aromatic N) is 2. The summed E-state index contributed by atoms with van der Waals surface area (Å²) in [6, 6.07) is 0.140. The minimum absolute atomic E-state index is 0. The maximum absolute atomic E-state index is 11.0. The van der Waals surface area contributed by atoms with Gasteiger partial charge in [0.25, 0.3) is 0 Å². The van der Waals surface area contributed by atoms with E-state index in [1.54, 1.807) is 9.80 Å². The second-order valence-electron chi connectivity index (χ2n) is 2.48. The molecule has 0 atom stereocenters. The van der Waals surface area contributed by atoms with Crippen LogP contribution in [0.25, 0.3) is 0 Å². The molecule has 0 aromatic heterocycles. The number of hydrogen-bond acceptors (Lipinski definition) is 1. The first-order valence-electron chi connectivity index (χ1n) is 3.18. The van der Waals surface area contributed by atoms with Gasteiger partial charge in [-0.25, -0.2) is 4.79 Å². The van der Waals surface area contributed by atoms with Crippen molar-refractivity contribution in [1.82, 2.24) is 9.80 Å². The summed E-state index contributed by atoms with van der Waals surface area (Å²) < 4.78 is 0. The highest BCUT2D eigenvalue weighted by molar-refractivity contribution is 8.93. The van der Waals surface area contributed by atoms with Gasteiger partial charge >= 0.3 is 6.03 Å². The topological polar surface area (TPSA) is 23.6 Å². The number of urea groups is 1. The van der Waals surface area contributed by atoms with Gasteiger partial charge in [-0.1, -0.05) is 0 Å². The van der Waals surface area contributed by atoms with Crippen LogP contribution in [0.4, 0.5) is 4.79 Å². The van der Waals surface area contributed by atoms with Crippen LogP contribution in [0.3, 0.4) is 0 Å². The molecule has 1 rings (SSSR count). The minimum atomic E-state index is 0. The van der Waals surface area contributed by atoms with Crippen LogP contribution >= 0.6 is 34.0 Å². The summed E-state index contributed by atoms with van der Waals surface area (Å²) in [5.41, 5.74) is 0. The standard InChI is InChI=1S/C6H12N2O.2BrH/c1-7-4-3-5-8(2)6(7)9;;/h3-5H2,1-2H3;2*1H. The fourth-order valence-corrected chi connectivity index (χ4v) is 1.03. The van der Waals surface area contributed by atoms with Crippen molar-refractivity contribution in [3.05, 3.63) is 0 Å². The molecular formula is C6H14Br2N2O. The van der Waals surface area contributed by atoms with E-state index in [4.69, 9.17) is 0 Å². The smallest absolute Gasteiger partial charge is 0.319 e. The van der Waals surface area contributed by atoms with Gasteiger partial charge in [-0.15, -0.1) is 34.0 Å². The van der Waals surface area contributed by atoms with Crippen molar-refractivity contribution in [3.8, 4) is 0 Å². The summed E-state index contributed by atoms with van der Waals surface area (Å²) in [7, 11) is 3.66. The Bertz CT molecular complexity index is 120. The summed E-state index contributed by atoms with van der Waals surface area (Å²) in [6.07, 6.45) is 1.10. The molecule has 5 heteroatoms. The third-order valence-electron chi connectivity index (χ3n) is 1.64. The van der Waals surface area contributed by atoms with Crippen molar-refractivity contribution in [2.75, 3.05) is 27.2 Å². The SMILES string of the molecule is Br.Br.CN1CCCN(C)C1=O. The highest BCUT2D eigenvalue weighted by atomic mass is 79.9. The highest BCUT2D eigenvalue weighted by Gasteiger charge is 2.17. The maximum Gasteiger partial charge on any atom is 0.319 e. The van der Waals surface area contributed by atoms with Gasteiger partial charge in [0.05, 0.1) is 0 Å². The van der Waals surface area contributed by atoms with E-state index < -0.39 is 0 Å². The van der Waals surface area contributed by atoms with Gasteiger partial charge in [-0.05, 0) is 6.42 Å². The Morgan fingerprint density at radius 1 is 1.09 bits per heavy atom. The summed E-state index contributed by atoms with van der Waals surface area (Å²) in [6.45, 7) is 1.81. The molecule has 0 bridgehead atoms. The Labute approximate surface area is 88.3 Å². The molecule has 0 spiro atoms. The van der Waals surface area contributed by atoms with E-state index in [0.717, 1.165) is 19.5 Å². The average Bonchev–Trinajstić information content (AvgIpc) is 1.83. The molecule has 0 aromatic rings. The lowest BCUT2D eigenvalue weighted by atomic mass is 10.3. The summed E-state index contributed by atoms with van der Waals surface area (Å²) >= 11 is 0. The number of rotatable bonds is 0. The van der Waals surface area contributed by atoms with Gasteiger partial charge in [0.15, 0.2) is 0 Å². The lowest BCUT2D eigenvalue weighted by Gasteiger charge is -2.30. The molecule has 0 N–H and O–H groups in total. The molecule has 1 aliphatic rings. The first-order chi connectivity index (χ1) is 4.22. The molecule has 0 unspecified atom stereocenters. The van der Waals surface area contributed by atoms with Crippen molar-refractivity contribution in [1.29, 1.82) is 0 Å². The Hall–Kier alpha value is 0.230. The second kappa shape index (κ2) is 5.83. The van der Waals surface area contributed by atoms with E-state index in [2.05, 4.69) is 0 Å². The zero-order valence-corrected chi connectivity index (χ0v) is 10.2. The van der Waals surface area contributed by atoms with E-state index in [9.17, 15) is 4.79 Å². The predicted molar refractivity (Wildman–Crippen MR) is 55.9 cm³/mol. The van der Waals surface area contributed by atoms with Gasteiger partial charge in [-0.3, -0.25) is 0 Å². The van der Waals surface area contributed by atoms with Gasteiger partial charge in [-0.2, -0.15) is 0 Å². The monoisotopic (exact) mass is 288 g/mol. The second-order valence-corrected chi connectivity index (χ2v) is 2.48. The lowest BCUT2D eigenvalue weighted by molar-refractivity contribution is 0.153. The van der Waals surface area contributed by atoms with Crippen LogP contribution in [-0.2, 0) is 0 Å². The average molecular weight is 290 g/mol. The van der Waals surface area contributed by atoms with Crippen molar-refractivity contribution in [3.63, 3.8) is 0 Å². The third kappa shape index (κ3) is 3.42. The van der Waals surface area contributed by atoms with Crippen LogP contribution in [0.1, 0.15) is 6.42 Å². The van der Waals surface area contributed by atoms with E-state index in [0.29, 0.717) is 0 Å². The van der Waals surface area contributed by atoms with Crippen LogP contribution in [0.5, 0.6) is 0 Å². The van der Waals surface area contributed by atoms with Gasteiger partial charge in [0, 0.05) is 27.2 Å². The van der Waals surface area contributed by atoms with Gasteiger partial charge in [0.1, 0.15) is 0 Å². The predicted octanol–water partition coefficient (Wildman–Crippen LogP) is 1.53. The highest BCUT2D eigenvalue weighted by Crippen LogP contribution is 2.02. The van der Waals surface area contributed by atoms with Crippen molar-refractivity contribution in [2.45, 2.75) is 6.42 Å². The Balaban J connectivity index is 0. The first kappa shape index (κ1) is 13.8. The number of hydrogen-bond donors (Lipinski definition) is 0. The third-order valence-corrected chi connectivity index (χ3v) is 1.64. The molecule has 2 amide bonds. The summed E-state index contributed by atoms with van der Waals surface area (Å²) in [4.78, 5) is 14.5. The Morgan fingerprint density at radius 2 is 1.45 bits per heavy atom. The molecule has 3 nitrogen and oxygen atoms in total. The van der Waals surface area contributed by atoms with Crippen molar-refractivity contribution < 1.29 is 4.79 Å². The molecule has 11 heavy (non-hydrogen) atoms. The molecule has 1 aliphatic heterocycles. The van der Waals surface area contributed by atoms with Gasteiger partial charge in [0.2, 0.25) is 0 Å². The Morgan fingerprint density at radius 3 is 1.73 bits per heavy atom. The van der Waals surface area contributed by atoms with Crippen molar-refractivity contribution >= 4 is 40.0 Å².